The van der Waals surface area contributed by atoms with E-state index in [0.29, 0.717) is 12.2 Å². The largest absolute Gasteiger partial charge is 0.353 e. The van der Waals surface area contributed by atoms with E-state index in [1.807, 2.05) is 12.1 Å². The quantitative estimate of drug-likeness (QED) is 0.616. The standard InChI is InChI=1S/C12H12N2O2/c1-10(16)13-8-4-6-11-5-2-3-7-12(11)14-9-15/h2-7H,8H2,1H3,(H,13,16). The fraction of sp³-hybridized carbons (Fsp3) is 0.167. The van der Waals surface area contributed by atoms with E-state index in [1.165, 1.54) is 13.0 Å². The SMILES string of the molecule is CC(=O)NCC=Cc1ccccc1N=C=O. The average molecular weight is 216 g/mol. The molecule has 4 nitrogen and oxygen atoms in total. The van der Waals surface area contributed by atoms with E-state index >= 15 is 0 Å². The molecule has 0 unspecified atom stereocenters. The highest BCUT2D eigenvalue weighted by atomic mass is 16.1. The summed E-state index contributed by atoms with van der Waals surface area (Å²) in [5.74, 6) is -0.0798. The van der Waals surface area contributed by atoms with Crippen LogP contribution in [-0.2, 0) is 9.59 Å². The molecular formula is C12H12N2O2. The number of hydrogen-bond acceptors (Lipinski definition) is 3. The Labute approximate surface area is 93.7 Å². The van der Waals surface area contributed by atoms with Gasteiger partial charge in [-0.2, -0.15) is 4.99 Å². The van der Waals surface area contributed by atoms with Crippen molar-refractivity contribution in [3.8, 4) is 0 Å². The molecular weight excluding hydrogens is 204 g/mol. The number of isocyanates is 1. The Balaban J connectivity index is 2.72. The number of carbonyl (C=O) groups is 1. The number of benzene rings is 1. The van der Waals surface area contributed by atoms with Crippen molar-refractivity contribution in [3.05, 3.63) is 35.9 Å². The van der Waals surface area contributed by atoms with Crippen LogP contribution in [0.1, 0.15) is 12.5 Å². The predicted molar refractivity (Wildman–Crippen MR) is 61.9 cm³/mol. The molecule has 1 aromatic carbocycles. The number of amides is 1. The van der Waals surface area contributed by atoms with Gasteiger partial charge in [-0.3, -0.25) is 4.79 Å². The minimum atomic E-state index is -0.0798. The van der Waals surface area contributed by atoms with Crippen molar-refractivity contribution in [1.29, 1.82) is 0 Å². The third kappa shape index (κ3) is 3.90. The van der Waals surface area contributed by atoms with Gasteiger partial charge in [-0.05, 0) is 6.07 Å². The third-order valence-corrected chi connectivity index (χ3v) is 1.87. The van der Waals surface area contributed by atoms with Gasteiger partial charge in [0.1, 0.15) is 0 Å². The number of nitrogens with zero attached hydrogens (tertiary/aromatic N) is 1. The van der Waals surface area contributed by atoms with Crippen LogP contribution in [0.25, 0.3) is 6.08 Å². The molecule has 0 bridgehead atoms. The van der Waals surface area contributed by atoms with Gasteiger partial charge in [0.05, 0.1) is 5.69 Å². The molecule has 1 amide bonds. The van der Waals surface area contributed by atoms with Crippen LogP contribution < -0.4 is 5.32 Å². The molecule has 0 fully saturated rings. The molecule has 0 aliphatic carbocycles. The molecule has 1 aromatic rings. The molecule has 0 heterocycles. The first-order valence-corrected chi connectivity index (χ1v) is 4.82. The molecule has 0 atom stereocenters. The second kappa shape index (κ2) is 6.32. The van der Waals surface area contributed by atoms with Crippen molar-refractivity contribution in [1.82, 2.24) is 5.32 Å². The van der Waals surface area contributed by atoms with Gasteiger partial charge in [0.2, 0.25) is 12.0 Å². The van der Waals surface area contributed by atoms with E-state index in [1.54, 1.807) is 24.3 Å². The van der Waals surface area contributed by atoms with E-state index in [4.69, 9.17) is 0 Å². The lowest BCUT2D eigenvalue weighted by atomic mass is 10.1. The van der Waals surface area contributed by atoms with Crippen LogP contribution in [0, 0.1) is 0 Å². The number of rotatable bonds is 4. The Morgan fingerprint density at radius 2 is 2.25 bits per heavy atom. The van der Waals surface area contributed by atoms with Gasteiger partial charge in [0, 0.05) is 19.0 Å². The van der Waals surface area contributed by atoms with Crippen molar-refractivity contribution >= 4 is 23.8 Å². The summed E-state index contributed by atoms with van der Waals surface area (Å²) in [5.41, 5.74) is 1.38. The number of para-hydroxylation sites is 1. The molecule has 0 radical (unpaired) electrons. The zero-order valence-electron chi connectivity index (χ0n) is 8.93. The fourth-order valence-corrected chi connectivity index (χ4v) is 1.17. The van der Waals surface area contributed by atoms with Crippen LogP contribution in [0.4, 0.5) is 5.69 Å². The minimum absolute atomic E-state index is 0.0798. The van der Waals surface area contributed by atoms with Gasteiger partial charge in [0.15, 0.2) is 0 Å². The summed E-state index contributed by atoms with van der Waals surface area (Å²) in [6.07, 6.45) is 5.09. The van der Waals surface area contributed by atoms with E-state index in [9.17, 15) is 9.59 Å². The second-order valence-electron chi connectivity index (χ2n) is 3.10. The van der Waals surface area contributed by atoms with Crippen LogP contribution in [-0.4, -0.2) is 18.5 Å². The zero-order valence-corrected chi connectivity index (χ0v) is 8.93. The van der Waals surface area contributed by atoms with Crippen molar-refractivity contribution in [2.24, 2.45) is 4.99 Å². The van der Waals surface area contributed by atoms with Gasteiger partial charge in [-0.1, -0.05) is 30.4 Å². The molecule has 0 spiro atoms. The molecule has 0 saturated carbocycles. The Morgan fingerprint density at radius 3 is 2.94 bits per heavy atom. The van der Waals surface area contributed by atoms with Crippen LogP contribution in [0.3, 0.4) is 0 Å². The Bertz CT molecular complexity index is 446. The first-order chi connectivity index (χ1) is 7.74. The molecule has 1 rings (SSSR count). The summed E-state index contributed by atoms with van der Waals surface area (Å²) in [5, 5.41) is 2.63. The summed E-state index contributed by atoms with van der Waals surface area (Å²) >= 11 is 0. The lowest BCUT2D eigenvalue weighted by Gasteiger charge is -1.98. The number of nitrogens with one attached hydrogen (secondary N) is 1. The molecule has 4 heteroatoms. The summed E-state index contributed by atoms with van der Waals surface area (Å²) in [7, 11) is 0. The minimum Gasteiger partial charge on any atom is -0.353 e. The van der Waals surface area contributed by atoms with Crippen molar-refractivity contribution in [3.63, 3.8) is 0 Å². The monoisotopic (exact) mass is 216 g/mol. The summed E-state index contributed by atoms with van der Waals surface area (Å²) < 4.78 is 0. The zero-order chi connectivity index (χ0) is 11.8. The van der Waals surface area contributed by atoms with Gasteiger partial charge < -0.3 is 5.32 Å². The Kier molecular flexibility index (Phi) is 4.70. The maximum Gasteiger partial charge on any atom is 0.240 e. The Hall–Kier alpha value is -2.19. The molecule has 16 heavy (non-hydrogen) atoms. The first-order valence-electron chi connectivity index (χ1n) is 4.82. The highest BCUT2D eigenvalue weighted by Gasteiger charge is 1.95. The van der Waals surface area contributed by atoms with Crippen molar-refractivity contribution < 1.29 is 9.59 Å². The number of hydrogen-bond donors (Lipinski definition) is 1. The highest BCUT2D eigenvalue weighted by Crippen LogP contribution is 2.18. The van der Waals surface area contributed by atoms with Crippen LogP contribution in [0.2, 0.25) is 0 Å². The normalized spacial score (nSPS) is 9.81. The summed E-state index contributed by atoms with van der Waals surface area (Å²) in [6.45, 7) is 1.91. The molecule has 82 valence electrons. The Morgan fingerprint density at radius 1 is 1.50 bits per heavy atom. The second-order valence-corrected chi connectivity index (χ2v) is 3.10. The van der Waals surface area contributed by atoms with Gasteiger partial charge in [-0.15, -0.1) is 0 Å². The smallest absolute Gasteiger partial charge is 0.240 e. The van der Waals surface area contributed by atoms with Crippen molar-refractivity contribution in [2.45, 2.75) is 6.92 Å². The van der Waals surface area contributed by atoms with Gasteiger partial charge in [0.25, 0.3) is 0 Å². The highest BCUT2D eigenvalue weighted by molar-refractivity contribution is 5.73. The van der Waals surface area contributed by atoms with E-state index in [-0.39, 0.29) is 5.91 Å². The van der Waals surface area contributed by atoms with Crippen LogP contribution in [0.5, 0.6) is 0 Å². The molecule has 0 aliphatic heterocycles. The van der Waals surface area contributed by atoms with Crippen LogP contribution in [0.15, 0.2) is 35.3 Å². The maximum atomic E-state index is 10.6. The molecule has 0 saturated heterocycles. The van der Waals surface area contributed by atoms with Gasteiger partial charge in [-0.25, -0.2) is 4.79 Å². The fourth-order valence-electron chi connectivity index (χ4n) is 1.17. The topological polar surface area (TPSA) is 58.5 Å². The average Bonchev–Trinajstić information content (AvgIpc) is 2.26. The lowest BCUT2D eigenvalue weighted by Crippen LogP contribution is -2.19. The van der Waals surface area contributed by atoms with Crippen molar-refractivity contribution in [2.75, 3.05) is 6.54 Å². The predicted octanol–water partition coefficient (Wildman–Crippen LogP) is 1.80. The lowest BCUT2D eigenvalue weighted by molar-refractivity contribution is -0.118. The van der Waals surface area contributed by atoms with Gasteiger partial charge >= 0.3 is 0 Å². The molecule has 1 N–H and O–H groups in total. The number of aliphatic imine (C=N–C) groups is 1. The third-order valence-electron chi connectivity index (χ3n) is 1.87. The summed E-state index contributed by atoms with van der Waals surface area (Å²) in [6, 6.07) is 7.20. The maximum absolute atomic E-state index is 10.6. The first kappa shape index (κ1) is 11.9. The van der Waals surface area contributed by atoms with E-state index < -0.39 is 0 Å². The molecule has 0 aliphatic rings. The van der Waals surface area contributed by atoms with Crippen LogP contribution >= 0.6 is 0 Å². The molecule has 0 aromatic heterocycles. The summed E-state index contributed by atoms with van der Waals surface area (Å²) in [4.78, 5) is 24.4. The van der Waals surface area contributed by atoms with E-state index in [2.05, 4.69) is 10.3 Å². The number of carbonyl (C=O) groups excluding carboxylic acids is 2. The van der Waals surface area contributed by atoms with E-state index in [0.717, 1.165) is 5.56 Å².